The van der Waals surface area contributed by atoms with Crippen LogP contribution in [-0.2, 0) is 0 Å². The van der Waals surface area contributed by atoms with Crippen LogP contribution in [-0.4, -0.2) is 17.2 Å². The second kappa shape index (κ2) is 8.15. The number of pyridine rings is 1. The molecule has 0 unspecified atom stereocenters. The summed E-state index contributed by atoms with van der Waals surface area (Å²) in [7, 11) is 1.65. The Morgan fingerprint density at radius 3 is 2.62 bits per heavy atom. The van der Waals surface area contributed by atoms with Crippen LogP contribution >= 0.6 is 12.2 Å². The molecule has 0 fully saturated rings. The van der Waals surface area contributed by atoms with Crippen LogP contribution in [0.25, 0.3) is 10.9 Å². The van der Waals surface area contributed by atoms with E-state index in [9.17, 15) is 0 Å². The summed E-state index contributed by atoms with van der Waals surface area (Å²) < 4.78 is 5.40. The molecule has 1 aromatic heterocycles. The Morgan fingerprint density at radius 2 is 1.92 bits per heavy atom. The van der Waals surface area contributed by atoms with E-state index in [-0.39, 0.29) is 6.04 Å². The minimum absolute atomic E-state index is 0.165. The summed E-state index contributed by atoms with van der Waals surface area (Å²) >= 11 is 5.55. The number of benzene rings is 2. The Bertz CT molecular complexity index is 909. The maximum atomic E-state index is 5.55. The van der Waals surface area contributed by atoms with Gasteiger partial charge in [0.15, 0.2) is 5.11 Å². The predicted molar refractivity (Wildman–Crippen MR) is 112 cm³/mol. The summed E-state index contributed by atoms with van der Waals surface area (Å²) in [6.07, 6.45) is 2.70. The topological polar surface area (TPSA) is 46.2 Å². The third kappa shape index (κ3) is 3.94. The molecule has 0 spiro atoms. The van der Waals surface area contributed by atoms with Crippen molar-refractivity contribution in [2.45, 2.75) is 26.3 Å². The van der Waals surface area contributed by atoms with Crippen LogP contribution in [0.15, 0.2) is 54.7 Å². The van der Waals surface area contributed by atoms with E-state index in [0.29, 0.717) is 5.11 Å². The van der Waals surface area contributed by atoms with Crippen molar-refractivity contribution in [2.24, 2.45) is 0 Å². The average molecular weight is 366 g/mol. The van der Waals surface area contributed by atoms with Gasteiger partial charge >= 0.3 is 0 Å². The lowest BCUT2D eigenvalue weighted by Crippen LogP contribution is -2.32. The van der Waals surface area contributed by atoms with Gasteiger partial charge in [0.2, 0.25) is 0 Å². The van der Waals surface area contributed by atoms with Gasteiger partial charge in [-0.25, -0.2) is 0 Å². The van der Waals surface area contributed by atoms with Crippen molar-refractivity contribution in [2.75, 3.05) is 12.4 Å². The lowest BCUT2D eigenvalue weighted by Gasteiger charge is -2.21. The second-order valence-electron chi connectivity index (χ2n) is 6.18. The summed E-state index contributed by atoms with van der Waals surface area (Å²) in [4.78, 5) is 4.42. The van der Waals surface area contributed by atoms with Crippen LogP contribution in [0.2, 0.25) is 0 Å². The van der Waals surface area contributed by atoms with E-state index in [1.807, 2.05) is 24.3 Å². The molecule has 0 aliphatic heterocycles. The van der Waals surface area contributed by atoms with Gasteiger partial charge in [0.25, 0.3) is 0 Å². The lowest BCUT2D eigenvalue weighted by atomic mass is 10.0. The lowest BCUT2D eigenvalue weighted by molar-refractivity contribution is 0.419. The SMILES string of the molecule is CC[C@@H](NC(=S)Nc1ccc(OC)c2ncccc12)c1ccc(C)cc1. The molecule has 3 rings (SSSR count). The van der Waals surface area contributed by atoms with Gasteiger partial charge in [0.1, 0.15) is 11.3 Å². The summed E-state index contributed by atoms with van der Waals surface area (Å²) in [5.74, 6) is 0.746. The largest absolute Gasteiger partial charge is 0.494 e. The number of anilines is 1. The zero-order valence-corrected chi connectivity index (χ0v) is 16.1. The molecular weight excluding hydrogens is 342 g/mol. The summed E-state index contributed by atoms with van der Waals surface area (Å²) in [6, 6.07) is 16.5. The fourth-order valence-corrected chi connectivity index (χ4v) is 3.21. The van der Waals surface area contributed by atoms with Crippen molar-refractivity contribution in [3.8, 4) is 5.75 Å². The number of nitrogens with one attached hydrogen (secondary N) is 2. The molecule has 134 valence electrons. The highest BCUT2D eigenvalue weighted by Crippen LogP contribution is 2.29. The Labute approximate surface area is 159 Å². The predicted octanol–water partition coefficient (Wildman–Crippen LogP) is 4.99. The van der Waals surface area contributed by atoms with Gasteiger partial charge in [-0.3, -0.25) is 4.98 Å². The normalized spacial score (nSPS) is 11.8. The van der Waals surface area contributed by atoms with Crippen molar-refractivity contribution < 1.29 is 4.74 Å². The van der Waals surface area contributed by atoms with Crippen LogP contribution < -0.4 is 15.4 Å². The van der Waals surface area contributed by atoms with E-state index in [2.05, 4.69) is 53.7 Å². The number of aromatic nitrogens is 1. The van der Waals surface area contributed by atoms with Crippen LogP contribution in [0.1, 0.15) is 30.5 Å². The first-order valence-electron chi connectivity index (χ1n) is 8.68. The van der Waals surface area contributed by atoms with E-state index in [1.54, 1.807) is 13.3 Å². The Kier molecular flexibility index (Phi) is 5.68. The molecular formula is C21H23N3OS. The fourth-order valence-electron chi connectivity index (χ4n) is 2.96. The molecule has 0 aliphatic rings. The highest BCUT2D eigenvalue weighted by atomic mass is 32.1. The van der Waals surface area contributed by atoms with E-state index in [4.69, 9.17) is 17.0 Å². The van der Waals surface area contributed by atoms with E-state index < -0.39 is 0 Å². The maximum absolute atomic E-state index is 5.55. The molecule has 3 aromatic rings. The average Bonchev–Trinajstić information content (AvgIpc) is 2.67. The molecule has 5 heteroatoms. The first-order valence-corrected chi connectivity index (χ1v) is 9.09. The first-order chi connectivity index (χ1) is 12.6. The summed E-state index contributed by atoms with van der Waals surface area (Å²) in [5, 5.41) is 8.28. The van der Waals surface area contributed by atoms with Crippen LogP contribution in [0.5, 0.6) is 5.75 Å². The molecule has 0 amide bonds. The second-order valence-corrected chi connectivity index (χ2v) is 6.59. The number of methoxy groups -OCH3 is 1. The number of rotatable bonds is 5. The Morgan fingerprint density at radius 1 is 1.15 bits per heavy atom. The van der Waals surface area contributed by atoms with Gasteiger partial charge in [-0.2, -0.15) is 0 Å². The molecule has 0 saturated carbocycles. The van der Waals surface area contributed by atoms with Gasteiger partial charge in [-0.15, -0.1) is 0 Å². The van der Waals surface area contributed by atoms with Gasteiger partial charge in [0.05, 0.1) is 13.2 Å². The molecule has 26 heavy (non-hydrogen) atoms. The van der Waals surface area contributed by atoms with Crippen molar-refractivity contribution in [3.63, 3.8) is 0 Å². The summed E-state index contributed by atoms with van der Waals surface area (Å²) in [5.41, 5.74) is 4.20. The van der Waals surface area contributed by atoms with Crippen molar-refractivity contribution in [3.05, 3.63) is 65.9 Å². The third-order valence-electron chi connectivity index (χ3n) is 4.39. The number of fused-ring (bicyclic) bond motifs is 1. The third-order valence-corrected chi connectivity index (χ3v) is 4.61. The molecule has 1 atom stereocenters. The van der Waals surface area contributed by atoms with Crippen LogP contribution in [0, 0.1) is 6.92 Å². The van der Waals surface area contributed by atoms with E-state index in [0.717, 1.165) is 28.8 Å². The molecule has 2 aromatic carbocycles. The number of aryl methyl sites for hydroxylation is 1. The number of hydrogen-bond donors (Lipinski definition) is 2. The molecule has 4 nitrogen and oxygen atoms in total. The van der Waals surface area contributed by atoms with Gasteiger partial charge in [-0.1, -0.05) is 36.8 Å². The standard InChI is InChI=1S/C21H23N3OS/c1-4-17(15-9-7-14(2)8-10-15)23-21(26)24-18-11-12-19(25-3)20-16(18)6-5-13-22-20/h5-13,17H,4H2,1-3H3,(H2,23,24,26)/t17-/m1/s1. The quantitative estimate of drug-likeness (QED) is 0.624. The van der Waals surface area contributed by atoms with Gasteiger partial charge < -0.3 is 15.4 Å². The molecule has 0 bridgehead atoms. The van der Waals surface area contributed by atoms with Crippen LogP contribution in [0.3, 0.4) is 0 Å². The van der Waals surface area contributed by atoms with E-state index >= 15 is 0 Å². The van der Waals surface area contributed by atoms with Gasteiger partial charge in [0, 0.05) is 17.3 Å². The Hall–Kier alpha value is -2.66. The number of ether oxygens (including phenoxy) is 1. The monoisotopic (exact) mass is 365 g/mol. The maximum Gasteiger partial charge on any atom is 0.171 e. The molecule has 1 heterocycles. The zero-order chi connectivity index (χ0) is 18.5. The number of thiocarbonyl (C=S) groups is 1. The minimum atomic E-state index is 0.165. The number of nitrogens with zero attached hydrogens (tertiary/aromatic N) is 1. The summed E-state index contributed by atoms with van der Waals surface area (Å²) in [6.45, 7) is 4.24. The highest BCUT2D eigenvalue weighted by molar-refractivity contribution is 7.80. The zero-order valence-electron chi connectivity index (χ0n) is 15.2. The molecule has 0 saturated heterocycles. The molecule has 0 radical (unpaired) electrons. The smallest absolute Gasteiger partial charge is 0.171 e. The minimum Gasteiger partial charge on any atom is -0.494 e. The highest BCUT2D eigenvalue weighted by Gasteiger charge is 2.12. The fraction of sp³-hybridized carbons (Fsp3) is 0.238. The number of hydrogen-bond acceptors (Lipinski definition) is 3. The van der Waals surface area contributed by atoms with Crippen LogP contribution in [0.4, 0.5) is 5.69 Å². The first kappa shape index (κ1) is 18.1. The molecule has 2 N–H and O–H groups in total. The van der Waals surface area contributed by atoms with Crippen molar-refractivity contribution in [1.29, 1.82) is 0 Å². The van der Waals surface area contributed by atoms with Gasteiger partial charge in [-0.05, 0) is 55.4 Å². The Balaban J connectivity index is 1.79. The van der Waals surface area contributed by atoms with E-state index in [1.165, 1.54) is 11.1 Å². The molecule has 0 aliphatic carbocycles. The van der Waals surface area contributed by atoms with Crippen molar-refractivity contribution >= 4 is 33.9 Å². The van der Waals surface area contributed by atoms with Crippen molar-refractivity contribution in [1.82, 2.24) is 10.3 Å².